The molecule has 0 spiro atoms. The van der Waals surface area contributed by atoms with Gasteiger partial charge in [0.1, 0.15) is 12.1 Å². The number of rotatable bonds is 1. The Bertz CT molecular complexity index is 1190. The summed E-state index contributed by atoms with van der Waals surface area (Å²) in [5, 5.41) is 9.84. The van der Waals surface area contributed by atoms with Gasteiger partial charge in [-0.2, -0.15) is 5.26 Å². The number of hydrogen-bond acceptors (Lipinski definition) is 7. The first kappa shape index (κ1) is 18.1. The topological polar surface area (TPSA) is 124 Å². The standard InChI is InChI=1S/C20H15N5O5/c1-30-19(28)18(27)23-9-11-7-14(23)16-17(26)25(20(29)24(11)16)13-5-4-10(8-21)15-12(13)3-2-6-22-15/h2-6,11,14,16H,7,9H2,1H3/t11?,14?,16-/m1/s1. The minimum absolute atomic E-state index is 0.178. The van der Waals surface area contributed by atoms with Crippen LogP contribution in [0.25, 0.3) is 10.9 Å². The number of fused-ring (bicyclic) bond motifs is 6. The molecule has 2 unspecified atom stereocenters. The van der Waals surface area contributed by atoms with Crippen LogP contribution in [-0.4, -0.2) is 70.4 Å². The maximum atomic E-state index is 13.3. The van der Waals surface area contributed by atoms with Gasteiger partial charge in [-0.1, -0.05) is 0 Å². The van der Waals surface area contributed by atoms with Crippen molar-refractivity contribution < 1.29 is 23.9 Å². The highest BCUT2D eigenvalue weighted by Gasteiger charge is 2.63. The quantitative estimate of drug-likeness (QED) is 0.382. The smallest absolute Gasteiger partial charge is 0.396 e. The Balaban J connectivity index is 1.55. The van der Waals surface area contributed by atoms with Gasteiger partial charge in [-0.05, 0) is 30.7 Å². The SMILES string of the molecule is COC(=O)C(=O)N1CC2CC1[C@@H]1C(=O)N(c3ccc(C#N)c4ncccc34)C(=O)N21. The lowest BCUT2D eigenvalue weighted by Gasteiger charge is -2.34. The Morgan fingerprint density at radius 2 is 2.07 bits per heavy atom. The highest BCUT2D eigenvalue weighted by atomic mass is 16.5. The number of hydrogen-bond donors (Lipinski definition) is 0. The zero-order chi connectivity index (χ0) is 21.2. The first-order chi connectivity index (χ1) is 14.5. The molecule has 0 N–H and O–H groups in total. The molecular weight excluding hydrogens is 390 g/mol. The number of imide groups is 1. The van der Waals surface area contributed by atoms with Crippen molar-refractivity contribution in [1.82, 2.24) is 14.8 Å². The number of amides is 4. The number of pyridine rings is 1. The Kier molecular flexibility index (Phi) is 3.76. The van der Waals surface area contributed by atoms with Crippen LogP contribution in [0.2, 0.25) is 0 Å². The average molecular weight is 405 g/mol. The molecule has 0 radical (unpaired) electrons. The molecule has 3 aliphatic heterocycles. The number of piperazine rings is 1. The van der Waals surface area contributed by atoms with Crippen molar-refractivity contribution in [2.45, 2.75) is 24.5 Å². The summed E-state index contributed by atoms with van der Waals surface area (Å²) in [7, 11) is 1.12. The lowest BCUT2D eigenvalue weighted by molar-refractivity contribution is -0.160. The highest BCUT2D eigenvalue weighted by molar-refractivity contribution is 6.33. The maximum absolute atomic E-state index is 13.3. The van der Waals surface area contributed by atoms with Crippen LogP contribution in [0.1, 0.15) is 12.0 Å². The summed E-state index contributed by atoms with van der Waals surface area (Å²) in [5.41, 5.74) is 1.08. The fourth-order valence-electron chi connectivity index (χ4n) is 4.76. The molecule has 4 amide bonds. The molecule has 0 saturated carbocycles. The van der Waals surface area contributed by atoms with E-state index in [1.807, 2.05) is 0 Å². The molecule has 30 heavy (non-hydrogen) atoms. The average Bonchev–Trinajstić information content (AvgIpc) is 3.43. The third kappa shape index (κ3) is 2.20. The minimum Gasteiger partial charge on any atom is -0.462 e. The molecule has 1 aromatic carbocycles. The summed E-state index contributed by atoms with van der Waals surface area (Å²) >= 11 is 0. The van der Waals surface area contributed by atoms with Gasteiger partial charge in [0.05, 0.1) is 36.0 Å². The van der Waals surface area contributed by atoms with E-state index in [4.69, 9.17) is 0 Å². The molecule has 1 aromatic heterocycles. The minimum atomic E-state index is -0.994. The van der Waals surface area contributed by atoms with E-state index in [9.17, 15) is 24.4 Å². The van der Waals surface area contributed by atoms with Crippen molar-refractivity contribution in [3.05, 3.63) is 36.0 Å². The summed E-state index contributed by atoms with van der Waals surface area (Å²) in [4.78, 5) is 58.7. The van der Waals surface area contributed by atoms with E-state index in [0.717, 1.165) is 12.0 Å². The number of carbonyl (C=O) groups excluding carboxylic acids is 4. The van der Waals surface area contributed by atoms with Gasteiger partial charge in [0.15, 0.2) is 0 Å². The fraction of sp³-hybridized carbons (Fsp3) is 0.300. The molecule has 3 atom stereocenters. The fourth-order valence-corrected chi connectivity index (χ4v) is 4.76. The van der Waals surface area contributed by atoms with Gasteiger partial charge in [0.25, 0.3) is 5.91 Å². The van der Waals surface area contributed by atoms with Gasteiger partial charge in [0.2, 0.25) is 0 Å². The van der Waals surface area contributed by atoms with Crippen LogP contribution in [-0.2, 0) is 19.1 Å². The maximum Gasteiger partial charge on any atom is 0.396 e. The zero-order valence-electron chi connectivity index (χ0n) is 15.8. The van der Waals surface area contributed by atoms with E-state index in [0.29, 0.717) is 28.6 Å². The van der Waals surface area contributed by atoms with Crippen LogP contribution in [0.15, 0.2) is 30.5 Å². The van der Waals surface area contributed by atoms with Crippen LogP contribution < -0.4 is 4.90 Å². The highest BCUT2D eigenvalue weighted by Crippen LogP contribution is 2.43. The van der Waals surface area contributed by atoms with Crippen LogP contribution in [0.4, 0.5) is 10.5 Å². The summed E-state index contributed by atoms with van der Waals surface area (Å²) in [6.07, 6.45) is 1.98. The second kappa shape index (κ2) is 6.25. The second-order valence-electron chi connectivity index (χ2n) is 7.36. The lowest BCUT2D eigenvalue weighted by Crippen LogP contribution is -2.56. The Morgan fingerprint density at radius 3 is 2.80 bits per heavy atom. The molecule has 10 nitrogen and oxygen atoms in total. The van der Waals surface area contributed by atoms with E-state index < -0.39 is 35.9 Å². The van der Waals surface area contributed by atoms with Crippen molar-refractivity contribution in [2.75, 3.05) is 18.6 Å². The molecule has 3 fully saturated rings. The number of likely N-dealkylation sites (tertiary alicyclic amines) is 1. The number of esters is 1. The van der Waals surface area contributed by atoms with Gasteiger partial charge in [-0.15, -0.1) is 0 Å². The molecule has 0 aliphatic carbocycles. The van der Waals surface area contributed by atoms with E-state index in [1.165, 1.54) is 22.1 Å². The van der Waals surface area contributed by atoms with Gasteiger partial charge in [0, 0.05) is 18.1 Å². The van der Waals surface area contributed by atoms with Crippen LogP contribution in [0.5, 0.6) is 0 Å². The normalized spacial score (nSPS) is 24.4. The first-order valence-corrected chi connectivity index (χ1v) is 9.31. The Labute approximate surface area is 170 Å². The molecule has 4 heterocycles. The van der Waals surface area contributed by atoms with Gasteiger partial charge < -0.3 is 14.5 Å². The number of anilines is 1. The van der Waals surface area contributed by atoms with E-state index >= 15 is 0 Å². The number of benzene rings is 1. The number of ether oxygens (including phenoxy) is 1. The van der Waals surface area contributed by atoms with Crippen molar-refractivity contribution in [3.63, 3.8) is 0 Å². The largest absolute Gasteiger partial charge is 0.462 e. The predicted molar refractivity (Wildman–Crippen MR) is 101 cm³/mol. The summed E-state index contributed by atoms with van der Waals surface area (Å²) in [6.45, 7) is 0.178. The third-order valence-electron chi connectivity index (χ3n) is 5.99. The number of nitriles is 1. The van der Waals surface area contributed by atoms with Gasteiger partial charge in [-0.25, -0.2) is 14.5 Å². The van der Waals surface area contributed by atoms with Crippen molar-refractivity contribution in [3.8, 4) is 6.07 Å². The monoisotopic (exact) mass is 405 g/mol. The van der Waals surface area contributed by atoms with Crippen LogP contribution >= 0.6 is 0 Å². The molecule has 2 aromatic rings. The molecule has 5 rings (SSSR count). The third-order valence-corrected chi connectivity index (χ3v) is 5.99. The number of aromatic nitrogens is 1. The summed E-state index contributed by atoms with van der Waals surface area (Å²) < 4.78 is 4.51. The molecule has 150 valence electrons. The molecule has 10 heteroatoms. The summed E-state index contributed by atoms with van der Waals surface area (Å²) in [5.74, 6) is -2.27. The van der Waals surface area contributed by atoms with Gasteiger partial charge in [-0.3, -0.25) is 14.6 Å². The lowest BCUT2D eigenvalue weighted by atomic mass is 10.1. The number of urea groups is 1. The summed E-state index contributed by atoms with van der Waals surface area (Å²) in [6, 6.07) is 6.25. The van der Waals surface area contributed by atoms with E-state index in [2.05, 4.69) is 15.8 Å². The zero-order valence-corrected chi connectivity index (χ0v) is 15.8. The van der Waals surface area contributed by atoms with Crippen molar-refractivity contribution in [1.29, 1.82) is 5.26 Å². The van der Waals surface area contributed by atoms with Crippen LogP contribution in [0.3, 0.4) is 0 Å². The molecular formula is C20H15N5O5. The Hall–Kier alpha value is -4.00. The second-order valence-corrected chi connectivity index (χ2v) is 7.36. The van der Waals surface area contributed by atoms with E-state index in [1.54, 1.807) is 18.2 Å². The molecule has 2 bridgehead atoms. The van der Waals surface area contributed by atoms with E-state index in [-0.39, 0.29) is 12.6 Å². The number of carbonyl (C=O) groups is 4. The van der Waals surface area contributed by atoms with Crippen LogP contribution in [0, 0.1) is 11.3 Å². The first-order valence-electron chi connectivity index (χ1n) is 9.31. The van der Waals surface area contributed by atoms with Crippen molar-refractivity contribution >= 4 is 40.4 Å². The molecule has 3 aliphatic rings. The number of nitrogens with zero attached hydrogens (tertiary/aromatic N) is 5. The Morgan fingerprint density at radius 1 is 1.27 bits per heavy atom. The van der Waals surface area contributed by atoms with Gasteiger partial charge >= 0.3 is 17.9 Å². The predicted octanol–water partition coefficient (Wildman–Crippen LogP) is 0.400. The number of methoxy groups -OCH3 is 1. The van der Waals surface area contributed by atoms with Crippen molar-refractivity contribution in [2.24, 2.45) is 0 Å². The molecule has 3 saturated heterocycles.